The molecule has 0 aliphatic heterocycles. The molecular formula is C12H19N. The van der Waals surface area contributed by atoms with E-state index < -0.39 is 0 Å². The Balaban J connectivity index is 4.24. The third-order valence-electron chi connectivity index (χ3n) is 1.55. The fourth-order valence-corrected chi connectivity index (χ4v) is 0.935. The first kappa shape index (κ1) is 11.9. The normalized spacial score (nSPS) is 13.9. The van der Waals surface area contributed by atoms with E-state index >= 15 is 0 Å². The second kappa shape index (κ2) is 8.98. The minimum atomic E-state index is 1.13. The zero-order valence-corrected chi connectivity index (χ0v) is 8.83. The Bertz CT molecular complexity index is 219. The van der Waals surface area contributed by atoms with E-state index in [0.717, 1.165) is 6.42 Å². The van der Waals surface area contributed by atoms with E-state index in [-0.39, 0.29) is 0 Å². The van der Waals surface area contributed by atoms with Crippen LogP contribution in [0.4, 0.5) is 0 Å². The van der Waals surface area contributed by atoms with Crippen LogP contribution in [0.25, 0.3) is 0 Å². The molecule has 0 saturated heterocycles. The lowest BCUT2D eigenvalue weighted by atomic mass is 10.1. The van der Waals surface area contributed by atoms with Gasteiger partial charge in [0, 0.05) is 13.3 Å². The lowest BCUT2D eigenvalue weighted by molar-refractivity contribution is 0.955. The van der Waals surface area contributed by atoms with Crippen molar-refractivity contribution in [2.75, 3.05) is 7.05 Å². The molecule has 0 N–H and O–H groups in total. The van der Waals surface area contributed by atoms with Crippen molar-refractivity contribution >= 4 is 6.21 Å². The SMILES string of the molecule is C\C=C/C(/C=C\C=N/C)=C\CCC. The first-order valence-electron chi connectivity index (χ1n) is 4.76. The van der Waals surface area contributed by atoms with Crippen molar-refractivity contribution in [1.82, 2.24) is 0 Å². The van der Waals surface area contributed by atoms with Crippen LogP contribution in [0.15, 0.2) is 40.9 Å². The van der Waals surface area contributed by atoms with Crippen molar-refractivity contribution in [3.05, 3.63) is 36.0 Å². The zero-order valence-electron chi connectivity index (χ0n) is 8.83. The van der Waals surface area contributed by atoms with E-state index in [2.05, 4.69) is 36.2 Å². The van der Waals surface area contributed by atoms with E-state index in [1.165, 1.54) is 12.0 Å². The highest BCUT2D eigenvalue weighted by Gasteiger charge is 1.83. The molecule has 0 unspecified atom stereocenters. The minimum Gasteiger partial charge on any atom is -0.297 e. The number of hydrogen-bond acceptors (Lipinski definition) is 1. The number of rotatable bonds is 5. The molecule has 0 rings (SSSR count). The predicted molar refractivity (Wildman–Crippen MR) is 61.4 cm³/mol. The van der Waals surface area contributed by atoms with Gasteiger partial charge in [0.05, 0.1) is 0 Å². The molecule has 1 heteroatoms. The molecule has 0 heterocycles. The molecule has 72 valence electrons. The number of allylic oxidation sites excluding steroid dienone is 6. The van der Waals surface area contributed by atoms with Crippen LogP contribution in [0.2, 0.25) is 0 Å². The van der Waals surface area contributed by atoms with Crippen molar-refractivity contribution in [2.45, 2.75) is 26.7 Å². The van der Waals surface area contributed by atoms with Crippen LogP contribution in [-0.2, 0) is 0 Å². The van der Waals surface area contributed by atoms with Crippen molar-refractivity contribution < 1.29 is 0 Å². The molecule has 0 aromatic carbocycles. The molecule has 0 aliphatic rings. The smallest absolute Gasteiger partial charge is 0.0277 e. The van der Waals surface area contributed by atoms with Crippen LogP contribution in [-0.4, -0.2) is 13.3 Å². The van der Waals surface area contributed by atoms with E-state index in [0.29, 0.717) is 0 Å². The summed E-state index contributed by atoms with van der Waals surface area (Å²) in [6, 6.07) is 0. The lowest BCUT2D eigenvalue weighted by Crippen LogP contribution is -1.73. The van der Waals surface area contributed by atoms with Crippen molar-refractivity contribution in [2.24, 2.45) is 4.99 Å². The Morgan fingerprint density at radius 3 is 2.62 bits per heavy atom. The molecule has 0 saturated carbocycles. The Kier molecular flexibility index (Phi) is 8.21. The molecule has 0 radical (unpaired) electrons. The van der Waals surface area contributed by atoms with Crippen LogP contribution in [0, 0.1) is 0 Å². The van der Waals surface area contributed by atoms with E-state index in [1.54, 1.807) is 13.3 Å². The molecule has 13 heavy (non-hydrogen) atoms. The zero-order chi connectivity index (χ0) is 9.94. The standard InChI is InChI=1S/C12H19N/c1-4-6-9-12(8-5-2)10-7-11-13-3/h5,7-11H,4,6H2,1-3H3/b8-5-,10-7-,12-9+,13-11-. The summed E-state index contributed by atoms with van der Waals surface area (Å²) < 4.78 is 0. The molecule has 0 amide bonds. The van der Waals surface area contributed by atoms with E-state index in [9.17, 15) is 0 Å². The van der Waals surface area contributed by atoms with Gasteiger partial charge in [0.1, 0.15) is 0 Å². The van der Waals surface area contributed by atoms with Gasteiger partial charge in [0.2, 0.25) is 0 Å². The number of hydrogen-bond donors (Lipinski definition) is 0. The van der Waals surface area contributed by atoms with Crippen LogP contribution in [0.1, 0.15) is 26.7 Å². The van der Waals surface area contributed by atoms with Crippen molar-refractivity contribution in [3.8, 4) is 0 Å². The lowest BCUT2D eigenvalue weighted by Gasteiger charge is -1.92. The second-order valence-corrected chi connectivity index (χ2v) is 2.76. The van der Waals surface area contributed by atoms with E-state index in [4.69, 9.17) is 0 Å². The summed E-state index contributed by atoms with van der Waals surface area (Å²) in [6.07, 6.45) is 14.5. The number of nitrogens with zero attached hydrogens (tertiary/aromatic N) is 1. The molecule has 0 fully saturated rings. The molecular weight excluding hydrogens is 158 g/mol. The molecule has 1 nitrogen and oxygen atoms in total. The van der Waals surface area contributed by atoms with Gasteiger partial charge in [0.15, 0.2) is 0 Å². The minimum absolute atomic E-state index is 1.13. The Morgan fingerprint density at radius 1 is 1.31 bits per heavy atom. The van der Waals surface area contributed by atoms with Gasteiger partial charge < -0.3 is 0 Å². The topological polar surface area (TPSA) is 12.4 Å². The average Bonchev–Trinajstić information content (AvgIpc) is 2.14. The van der Waals surface area contributed by atoms with Crippen LogP contribution < -0.4 is 0 Å². The first-order valence-corrected chi connectivity index (χ1v) is 4.76. The molecule has 0 aliphatic carbocycles. The molecule has 0 aromatic rings. The molecule has 0 atom stereocenters. The third kappa shape index (κ3) is 7.26. The molecule has 0 spiro atoms. The van der Waals surface area contributed by atoms with Gasteiger partial charge in [-0.05, 0) is 25.0 Å². The highest BCUT2D eigenvalue weighted by Crippen LogP contribution is 2.02. The Labute approximate surface area is 81.6 Å². The van der Waals surface area contributed by atoms with Gasteiger partial charge in [-0.2, -0.15) is 0 Å². The van der Waals surface area contributed by atoms with Gasteiger partial charge in [-0.25, -0.2) is 0 Å². The third-order valence-corrected chi connectivity index (χ3v) is 1.55. The van der Waals surface area contributed by atoms with Crippen LogP contribution in [0.3, 0.4) is 0 Å². The summed E-state index contributed by atoms with van der Waals surface area (Å²) in [5, 5.41) is 0. The predicted octanol–water partition coefficient (Wildman–Crippen LogP) is 3.55. The highest BCUT2D eigenvalue weighted by atomic mass is 14.6. The maximum atomic E-state index is 3.88. The van der Waals surface area contributed by atoms with E-state index in [1.807, 2.05) is 13.0 Å². The molecule has 0 bridgehead atoms. The van der Waals surface area contributed by atoms with Crippen LogP contribution in [0.5, 0.6) is 0 Å². The Morgan fingerprint density at radius 2 is 2.08 bits per heavy atom. The summed E-state index contributed by atoms with van der Waals surface area (Å²) in [7, 11) is 1.77. The summed E-state index contributed by atoms with van der Waals surface area (Å²) in [5.74, 6) is 0. The monoisotopic (exact) mass is 177 g/mol. The summed E-state index contributed by atoms with van der Waals surface area (Å²) >= 11 is 0. The highest BCUT2D eigenvalue weighted by molar-refractivity contribution is 5.71. The van der Waals surface area contributed by atoms with Gasteiger partial charge in [-0.15, -0.1) is 0 Å². The van der Waals surface area contributed by atoms with Crippen molar-refractivity contribution in [1.29, 1.82) is 0 Å². The van der Waals surface area contributed by atoms with Gasteiger partial charge in [-0.3, -0.25) is 4.99 Å². The second-order valence-electron chi connectivity index (χ2n) is 2.76. The number of unbranched alkanes of at least 4 members (excludes halogenated alkanes) is 1. The van der Waals surface area contributed by atoms with Crippen LogP contribution >= 0.6 is 0 Å². The van der Waals surface area contributed by atoms with Gasteiger partial charge in [-0.1, -0.05) is 37.6 Å². The van der Waals surface area contributed by atoms with Gasteiger partial charge in [0.25, 0.3) is 0 Å². The van der Waals surface area contributed by atoms with Crippen molar-refractivity contribution in [3.63, 3.8) is 0 Å². The number of aliphatic imine (C=N–C) groups is 1. The summed E-state index contributed by atoms with van der Waals surface area (Å²) in [4.78, 5) is 3.88. The fraction of sp³-hybridized carbons (Fsp3) is 0.417. The largest absolute Gasteiger partial charge is 0.297 e. The first-order chi connectivity index (χ1) is 6.35. The average molecular weight is 177 g/mol. The summed E-state index contributed by atoms with van der Waals surface area (Å²) in [5.41, 5.74) is 1.25. The molecule has 0 aromatic heterocycles. The maximum Gasteiger partial charge on any atom is 0.0277 e. The fourth-order valence-electron chi connectivity index (χ4n) is 0.935. The maximum absolute atomic E-state index is 3.88. The quantitative estimate of drug-likeness (QED) is 0.450. The Hall–Kier alpha value is -1.11. The summed E-state index contributed by atoms with van der Waals surface area (Å²) in [6.45, 7) is 4.21. The van der Waals surface area contributed by atoms with Gasteiger partial charge >= 0.3 is 0 Å².